The lowest BCUT2D eigenvalue weighted by Crippen LogP contribution is -2.19. The summed E-state index contributed by atoms with van der Waals surface area (Å²) in [5.41, 5.74) is 7.82. The van der Waals surface area contributed by atoms with Crippen LogP contribution in [0.5, 0.6) is 0 Å². The quantitative estimate of drug-likeness (QED) is 0.429. The average Bonchev–Trinajstić information content (AvgIpc) is 3.49. The predicted octanol–water partition coefficient (Wildman–Crippen LogP) is 4.62. The van der Waals surface area contributed by atoms with E-state index >= 15 is 0 Å². The van der Waals surface area contributed by atoms with Crippen LogP contribution in [-0.2, 0) is 17.7 Å². The summed E-state index contributed by atoms with van der Waals surface area (Å²) in [5.74, 6) is 1.40. The predicted molar refractivity (Wildman–Crippen MR) is 139 cm³/mol. The number of benzene rings is 1. The average molecular weight is 483 g/mol. The highest BCUT2D eigenvalue weighted by molar-refractivity contribution is 6.07. The van der Waals surface area contributed by atoms with Crippen LogP contribution in [0.25, 0.3) is 16.9 Å². The van der Waals surface area contributed by atoms with Crippen molar-refractivity contribution in [2.75, 3.05) is 32.6 Å². The van der Waals surface area contributed by atoms with Crippen LogP contribution in [0.4, 0.5) is 11.5 Å². The Hall–Kier alpha value is -3.62. The van der Waals surface area contributed by atoms with Crippen LogP contribution in [-0.4, -0.2) is 57.3 Å². The van der Waals surface area contributed by atoms with Crippen LogP contribution >= 0.6 is 0 Å². The number of hydrogen-bond donors (Lipinski definition) is 1. The number of fused-ring (bicyclic) bond motifs is 2. The van der Waals surface area contributed by atoms with Crippen LogP contribution in [0.3, 0.4) is 0 Å². The molecule has 2 aliphatic rings. The van der Waals surface area contributed by atoms with Crippen molar-refractivity contribution >= 4 is 22.9 Å². The normalized spacial score (nSPS) is 16.1. The summed E-state index contributed by atoms with van der Waals surface area (Å²) in [5, 5.41) is 3.48. The van der Waals surface area contributed by atoms with E-state index in [1.807, 2.05) is 28.9 Å². The van der Waals surface area contributed by atoms with E-state index in [1.54, 1.807) is 12.4 Å². The number of aromatic nitrogens is 4. The molecule has 4 heterocycles. The van der Waals surface area contributed by atoms with Crippen molar-refractivity contribution in [1.29, 1.82) is 0 Å². The largest absolute Gasteiger partial charge is 0.381 e. The van der Waals surface area contributed by atoms with E-state index in [0.717, 1.165) is 84.3 Å². The molecule has 0 amide bonds. The first-order chi connectivity index (χ1) is 17.6. The highest BCUT2D eigenvalue weighted by Crippen LogP contribution is 2.38. The molecule has 1 N–H and O–H groups in total. The number of ketones is 1. The summed E-state index contributed by atoms with van der Waals surface area (Å²) in [6.07, 6.45) is 10.5. The van der Waals surface area contributed by atoms with Gasteiger partial charge in [0.05, 0.1) is 29.5 Å². The summed E-state index contributed by atoms with van der Waals surface area (Å²) < 4.78 is 7.59. The molecule has 1 aromatic carbocycles. The number of rotatable bonds is 6. The summed E-state index contributed by atoms with van der Waals surface area (Å²) in [4.78, 5) is 28.8. The zero-order valence-electron chi connectivity index (χ0n) is 20.7. The second kappa shape index (κ2) is 9.44. The third-order valence-electron chi connectivity index (χ3n) is 7.19. The first kappa shape index (κ1) is 22.8. The van der Waals surface area contributed by atoms with Gasteiger partial charge in [0, 0.05) is 49.7 Å². The third kappa shape index (κ3) is 4.16. The van der Waals surface area contributed by atoms with Gasteiger partial charge in [-0.15, -0.1) is 0 Å². The lowest BCUT2D eigenvalue weighted by Gasteiger charge is -2.25. The number of Topliss-reactive ketones (excluding diaryl/α,β-unsaturated/α-hetero) is 1. The van der Waals surface area contributed by atoms with Gasteiger partial charge in [-0.1, -0.05) is 12.1 Å². The maximum Gasteiger partial charge on any atom is 0.165 e. The molecule has 8 nitrogen and oxygen atoms in total. The molecule has 1 fully saturated rings. The zero-order chi connectivity index (χ0) is 24.6. The second-order valence-electron chi connectivity index (χ2n) is 9.87. The highest BCUT2D eigenvalue weighted by atomic mass is 16.5. The van der Waals surface area contributed by atoms with Gasteiger partial charge in [-0.05, 0) is 62.5 Å². The lowest BCUT2D eigenvalue weighted by molar-refractivity contribution is 0.0849. The molecule has 0 bridgehead atoms. The maximum absolute atomic E-state index is 13.0. The van der Waals surface area contributed by atoms with Crippen molar-refractivity contribution in [1.82, 2.24) is 24.3 Å². The van der Waals surface area contributed by atoms with Crippen LogP contribution in [0.1, 0.15) is 52.4 Å². The van der Waals surface area contributed by atoms with E-state index in [4.69, 9.17) is 9.72 Å². The number of carbonyl (C=O) groups is 1. The molecule has 4 aromatic rings. The number of hydrogen-bond acceptors (Lipinski definition) is 7. The summed E-state index contributed by atoms with van der Waals surface area (Å²) in [6, 6.07) is 8.33. The lowest BCUT2D eigenvalue weighted by atomic mass is 9.90. The molecule has 0 atom stereocenters. The molecule has 6 rings (SSSR count). The van der Waals surface area contributed by atoms with Gasteiger partial charge in [-0.25, -0.2) is 9.97 Å². The van der Waals surface area contributed by atoms with Gasteiger partial charge in [0.15, 0.2) is 11.4 Å². The Balaban J connectivity index is 1.37. The molecule has 0 radical (unpaired) electrons. The molecule has 1 aliphatic carbocycles. The minimum absolute atomic E-state index is 0.164. The number of nitrogens with one attached hydrogen (secondary N) is 1. The van der Waals surface area contributed by atoms with Gasteiger partial charge < -0.3 is 15.0 Å². The van der Waals surface area contributed by atoms with Crippen molar-refractivity contribution < 1.29 is 9.53 Å². The first-order valence-electron chi connectivity index (χ1n) is 12.5. The minimum atomic E-state index is 0.164. The Morgan fingerprint density at radius 1 is 1.11 bits per heavy atom. The Bertz CT molecular complexity index is 1440. The molecule has 0 saturated carbocycles. The van der Waals surface area contributed by atoms with Gasteiger partial charge in [-0.3, -0.25) is 14.2 Å². The number of ether oxygens (including phenoxy) is 1. The smallest absolute Gasteiger partial charge is 0.165 e. The Kier molecular flexibility index (Phi) is 5.99. The fourth-order valence-electron chi connectivity index (χ4n) is 5.50. The molecular weight excluding hydrogens is 452 g/mol. The summed E-state index contributed by atoms with van der Waals surface area (Å²) in [6.45, 7) is 2.37. The van der Waals surface area contributed by atoms with E-state index in [2.05, 4.69) is 46.4 Å². The van der Waals surface area contributed by atoms with Crippen molar-refractivity contribution in [3.05, 3.63) is 71.4 Å². The Morgan fingerprint density at radius 3 is 2.81 bits per heavy atom. The SMILES string of the molecule is CN(C)Cc1nc(Nc2ccc(-c3cnc4cnccn34)c3c2C(=O)CC3)ccc1C1CCOCC1. The molecular formula is C28H30N6O2. The zero-order valence-corrected chi connectivity index (χ0v) is 20.7. The van der Waals surface area contributed by atoms with E-state index in [1.165, 1.54) is 5.56 Å². The standard InChI is InChI=1S/C28H30N6O2/c1-33(2)17-23-19(18-9-13-36-14-10-18)5-8-26(32-23)31-22-6-3-20(21-4-7-25(35)28(21)22)24-15-30-27-16-29-11-12-34(24)27/h3,5-6,8,11-12,15-16,18H,4,7,9-10,13-14,17H2,1-2H3,(H,31,32). The second-order valence-corrected chi connectivity index (χ2v) is 9.87. The third-order valence-corrected chi connectivity index (χ3v) is 7.19. The fourth-order valence-corrected chi connectivity index (χ4v) is 5.50. The van der Waals surface area contributed by atoms with E-state index < -0.39 is 0 Å². The van der Waals surface area contributed by atoms with Gasteiger partial charge in [0.25, 0.3) is 0 Å². The maximum atomic E-state index is 13.0. The fraction of sp³-hybridized carbons (Fsp3) is 0.357. The molecule has 1 aliphatic heterocycles. The Labute approximate surface area is 210 Å². The van der Waals surface area contributed by atoms with Gasteiger partial charge in [0.2, 0.25) is 0 Å². The number of pyridine rings is 1. The summed E-state index contributed by atoms with van der Waals surface area (Å²) in [7, 11) is 4.13. The summed E-state index contributed by atoms with van der Waals surface area (Å²) >= 11 is 0. The van der Waals surface area contributed by atoms with E-state index in [-0.39, 0.29) is 5.78 Å². The molecule has 1 saturated heterocycles. The van der Waals surface area contributed by atoms with Gasteiger partial charge in [0.1, 0.15) is 5.82 Å². The van der Waals surface area contributed by atoms with Crippen LogP contribution in [0, 0.1) is 0 Å². The van der Waals surface area contributed by atoms with Crippen LogP contribution in [0.2, 0.25) is 0 Å². The molecule has 184 valence electrons. The molecule has 0 unspecified atom stereocenters. The Morgan fingerprint density at radius 2 is 1.97 bits per heavy atom. The monoisotopic (exact) mass is 482 g/mol. The van der Waals surface area contributed by atoms with Crippen molar-refractivity contribution in [3.63, 3.8) is 0 Å². The molecule has 8 heteroatoms. The molecule has 0 spiro atoms. The van der Waals surface area contributed by atoms with Crippen LogP contribution < -0.4 is 5.32 Å². The van der Waals surface area contributed by atoms with Crippen LogP contribution in [0.15, 0.2) is 49.1 Å². The molecule has 36 heavy (non-hydrogen) atoms. The number of anilines is 2. The van der Waals surface area contributed by atoms with Gasteiger partial charge in [-0.2, -0.15) is 0 Å². The topological polar surface area (TPSA) is 84.7 Å². The van der Waals surface area contributed by atoms with E-state index in [0.29, 0.717) is 12.3 Å². The number of imidazole rings is 1. The first-order valence-corrected chi connectivity index (χ1v) is 12.5. The number of nitrogens with zero attached hydrogens (tertiary/aromatic N) is 5. The van der Waals surface area contributed by atoms with Gasteiger partial charge >= 0.3 is 0 Å². The highest BCUT2D eigenvalue weighted by Gasteiger charge is 2.28. The minimum Gasteiger partial charge on any atom is -0.381 e. The van der Waals surface area contributed by atoms with Crippen molar-refractivity contribution in [2.45, 2.75) is 38.1 Å². The molecule has 3 aromatic heterocycles. The van der Waals surface area contributed by atoms with E-state index in [9.17, 15) is 4.79 Å². The van der Waals surface area contributed by atoms with Crippen molar-refractivity contribution in [2.24, 2.45) is 0 Å². The van der Waals surface area contributed by atoms with Crippen molar-refractivity contribution in [3.8, 4) is 11.3 Å². The number of carbonyl (C=O) groups excluding carboxylic acids is 1.